The van der Waals surface area contributed by atoms with Gasteiger partial charge < -0.3 is 4.42 Å². The van der Waals surface area contributed by atoms with E-state index in [1.807, 2.05) is 18.2 Å². The Hall–Kier alpha value is -1.39. The Bertz CT molecular complexity index is 562. The highest BCUT2D eigenvalue weighted by Crippen LogP contribution is 2.22. The Morgan fingerprint density at radius 2 is 1.76 bits per heavy atom. The SMILES string of the molecule is Cc1ccccc1-c1nnc(CN2CCCCCC2)o1.Cl. The summed E-state index contributed by atoms with van der Waals surface area (Å²) in [6, 6.07) is 8.11. The maximum Gasteiger partial charge on any atom is 0.248 e. The number of halogens is 1. The minimum absolute atomic E-state index is 0. The summed E-state index contributed by atoms with van der Waals surface area (Å²) in [5, 5.41) is 8.39. The molecular formula is C16H22ClN3O. The van der Waals surface area contributed by atoms with Crippen LogP contribution in [0.2, 0.25) is 0 Å². The Balaban J connectivity index is 0.00000161. The molecule has 0 spiro atoms. The van der Waals surface area contributed by atoms with Crippen LogP contribution in [0.5, 0.6) is 0 Å². The molecule has 21 heavy (non-hydrogen) atoms. The van der Waals surface area contributed by atoms with Crippen molar-refractivity contribution in [3.8, 4) is 11.5 Å². The van der Waals surface area contributed by atoms with E-state index in [4.69, 9.17) is 4.42 Å². The van der Waals surface area contributed by atoms with Gasteiger partial charge in [0, 0.05) is 5.56 Å². The molecule has 0 amide bonds. The summed E-state index contributed by atoms with van der Waals surface area (Å²) in [4.78, 5) is 2.42. The monoisotopic (exact) mass is 307 g/mol. The molecular weight excluding hydrogens is 286 g/mol. The van der Waals surface area contributed by atoms with E-state index in [0.717, 1.165) is 36.7 Å². The predicted octanol–water partition coefficient (Wildman–Crippen LogP) is 3.84. The lowest BCUT2D eigenvalue weighted by molar-refractivity contribution is 0.249. The average Bonchev–Trinajstić information content (AvgIpc) is 2.75. The van der Waals surface area contributed by atoms with E-state index in [0.29, 0.717) is 5.89 Å². The molecule has 2 heterocycles. The van der Waals surface area contributed by atoms with Crippen molar-refractivity contribution in [3.05, 3.63) is 35.7 Å². The van der Waals surface area contributed by atoms with E-state index in [9.17, 15) is 0 Å². The van der Waals surface area contributed by atoms with Gasteiger partial charge in [-0.15, -0.1) is 22.6 Å². The Kier molecular flexibility index (Phi) is 5.76. The van der Waals surface area contributed by atoms with E-state index >= 15 is 0 Å². The molecule has 0 aliphatic carbocycles. The number of aryl methyl sites for hydroxylation is 1. The van der Waals surface area contributed by atoms with Crippen molar-refractivity contribution >= 4 is 12.4 Å². The molecule has 5 heteroatoms. The van der Waals surface area contributed by atoms with Gasteiger partial charge in [0.2, 0.25) is 11.8 Å². The summed E-state index contributed by atoms with van der Waals surface area (Å²) in [5.74, 6) is 1.36. The van der Waals surface area contributed by atoms with Gasteiger partial charge in [-0.25, -0.2) is 0 Å². The van der Waals surface area contributed by atoms with E-state index in [2.05, 4.69) is 28.1 Å². The summed E-state index contributed by atoms with van der Waals surface area (Å²) < 4.78 is 5.83. The lowest BCUT2D eigenvalue weighted by Gasteiger charge is -2.16. The zero-order valence-corrected chi connectivity index (χ0v) is 13.2. The molecule has 1 fully saturated rings. The van der Waals surface area contributed by atoms with Gasteiger partial charge in [-0.1, -0.05) is 31.0 Å². The molecule has 0 bridgehead atoms. The second-order valence-corrected chi connectivity index (χ2v) is 5.51. The molecule has 2 aromatic rings. The van der Waals surface area contributed by atoms with Crippen molar-refractivity contribution in [2.24, 2.45) is 0 Å². The Morgan fingerprint density at radius 3 is 2.48 bits per heavy atom. The third kappa shape index (κ3) is 4.05. The highest BCUT2D eigenvalue weighted by Gasteiger charge is 2.15. The van der Waals surface area contributed by atoms with Gasteiger partial charge in [-0.3, -0.25) is 4.90 Å². The van der Waals surface area contributed by atoms with Crippen molar-refractivity contribution in [3.63, 3.8) is 0 Å². The maximum absolute atomic E-state index is 5.83. The molecule has 114 valence electrons. The van der Waals surface area contributed by atoms with Crippen molar-refractivity contribution in [2.45, 2.75) is 39.2 Å². The first-order chi connectivity index (χ1) is 9.83. The van der Waals surface area contributed by atoms with Crippen LogP contribution in [-0.2, 0) is 6.54 Å². The number of benzene rings is 1. The number of hydrogen-bond donors (Lipinski definition) is 0. The van der Waals surface area contributed by atoms with Crippen LogP contribution < -0.4 is 0 Å². The van der Waals surface area contributed by atoms with Crippen LogP contribution in [0.3, 0.4) is 0 Å². The second-order valence-electron chi connectivity index (χ2n) is 5.51. The van der Waals surface area contributed by atoms with Crippen LogP contribution in [0.15, 0.2) is 28.7 Å². The molecule has 1 saturated heterocycles. The maximum atomic E-state index is 5.83. The lowest BCUT2D eigenvalue weighted by atomic mass is 10.1. The molecule has 0 radical (unpaired) electrons. The number of rotatable bonds is 3. The fourth-order valence-electron chi connectivity index (χ4n) is 2.72. The lowest BCUT2D eigenvalue weighted by Crippen LogP contribution is -2.24. The Morgan fingerprint density at radius 1 is 1.05 bits per heavy atom. The van der Waals surface area contributed by atoms with Gasteiger partial charge in [0.1, 0.15) is 0 Å². The molecule has 3 rings (SSSR count). The van der Waals surface area contributed by atoms with Crippen molar-refractivity contribution in [2.75, 3.05) is 13.1 Å². The zero-order valence-electron chi connectivity index (χ0n) is 12.4. The minimum atomic E-state index is 0. The van der Waals surface area contributed by atoms with Gasteiger partial charge in [0.15, 0.2) is 0 Å². The third-order valence-electron chi connectivity index (χ3n) is 3.90. The predicted molar refractivity (Wildman–Crippen MR) is 85.5 cm³/mol. The first-order valence-corrected chi connectivity index (χ1v) is 7.44. The molecule has 0 unspecified atom stereocenters. The topological polar surface area (TPSA) is 42.2 Å². The summed E-state index contributed by atoms with van der Waals surface area (Å²) in [6.45, 7) is 5.12. The molecule has 0 saturated carbocycles. The first kappa shape index (κ1) is 16.0. The van der Waals surface area contributed by atoms with Crippen LogP contribution in [0.1, 0.15) is 37.1 Å². The Labute approximate surface area is 132 Å². The molecule has 1 aromatic heterocycles. The second kappa shape index (κ2) is 7.57. The van der Waals surface area contributed by atoms with Crippen molar-refractivity contribution in [1.82, 2.24) is 15.1 Å². The smallest absolute Gasteiger partial charge is 0.248 e. The summed E-state index contributed by atoms with van der Waals surface area (Å²) >= 11 is 0. The molecule has 0 N–H and O–H groups in total. The zero-order chi connectivity index (χ0) is 13.8. The normalized spacial score (nSPS) is 16.2. The largest absolute Gasteiger partial charge is 0.419 e. The van der Waals surface area contributed by atoms with Crippen LogP contribution >= 0.6 is 12.4 Å². The molecule has 4 nitrogen and oxygen atoms in total. The van der Waals surface area contributed by atoms with Crippen LogP contribution in [0, 0.1) is 6.92 Å². The summed E-state index contributed by atoms with van der Waals surface area (Å²) in [6.07, 6.45) is 5.24. The highest BCUT2D eigenvalue weighted by atomic mass is 35.5. The summed E-state index contributed by atoms with van der Waals surface area (Å²) in [7, 11) is 0. The highest BCUT2D eigenvalue weighted by molar-refractivity contribution is 5.85. The van der Waals surface area contributed by atoms with Gasteiger partial charge in [-0.2, -0.15) is 0 Å². The molecule has 1 aliphatic heterocycles. The minimum Gasteiger partial charge on any atom is -0.419 e. The van der Waals surface area contributed by atoms with Crippen LogP contribution in [-0.4, -0.2) is 28.2 Å². The number of hydrogen-bond acceptors (Lipinski definition) is 4. The number of aromatic nitrogens is 2. The standard InChI is InChI=1S/C16H21N3O.ClH/c1-13-8-4-5-9-14(13)16-18-17-15(20-16)12-19-10-6-2-3-7-11-19;/h4-5,8-9H,2-3,6-7,10-12H2,1H3;1H. The molecule has 0 atom stereocenters. The first-order valence-electron chi connectivity index (χ1n) is 7.44. The number of nitrogens with zero attached hydrogens (tertiary/aromatic N) is 3. The molecule has 1 aliphatic rings. The number of likely N-dealkylation sites (tertiary alicyclic amines) is 1. The summed E-state index contributed by atoms with van der Waals surface area (Å²) in [5.41, 5.74) is 2.19. The quantitative estimate of drug-likeness (QED) is 0.864. The van der Waals surface area contributed by atoms with E-state index in [-0.39, 0.29) is 12.4 Å². The van der Waals surface area contributed by atoms with E-state index in [1.165, 1.54) is 25.7 Å². The fourth-order valence-corrected chi connectivity index (χ4v) is 2.72. The fraction of sp³-hybridized carbons (Fsp3) is 0.500. The van der Waals surface area contributed by atoms with Crippen LogP contribution in [0.4, 0.5) is 0 Å². The van der Waals surface area contributed by atoms with E-state index in [1.54, 1.807) is 0 Å². The average molecular weight is 308 g/mol. The van der Waals surface area contributed by atoms with Gasteiger partial charge >= 0.3 is 0 Å². The molecule has 1 aromatic carbocycles. The van der Waals surface area contributed by atoms with Crippen LogP contribution in [0.25, 0.3) is 11.5 Å². The third-order valence-corrected chi connectivity index (χ3v) is 3.90. The van der Waals surface area contributed by atoms with Gasteiger partial charge in [-0.05, 0) is 44.5 Å². The van der Waals surface area contributed by atoms with Gasteiger partial charge in [0.05, 0.1) is 6.54 Å². The van der Waals surface area contributed by atoms with Gasteiger partial charge in [0.25, 0.3) is 0 Å². The van der Waals surface area contributed by atoms with E-state index < -0.39 is 0 Å². The van der Waals surface area contributed by atoms with Crippen molar-refractivity contribution < 1.29 is 4.42 Å². The van der Waals surface area contributed by atoms with Crippen molar-refractivity contribution in [1.29, 1.82) is 0 Å².